The standard InChI is InChI=1S/C32H28N4O4S3/c1-39-27-15-11-25(12-16-27)33-29(37)23-7-3-21(4-8-23)19-41-31-35-36-32(43-31)42-20-22-5-9-24(10-6-22)30(38)34-26-13-17-28(40-2)18-14-26/h3-18H,19-20H2,1-2H3,(H,33,37)(H,34,38). The first-order valence-electron chi connectivity index (χ1n) is 13.2. The Morgan fingerprint density at radius 2 is 0.977 bits per heavy atom. The number of benzene rings is 4. The molecular weight excluding hydrogens is 601 g/mol. The minimum absolute atomic E-state index is 0.165. The van der Waals surface area contributed by atoms with E-state index in [4.69, 9.17) is 9.47 Å². The van der Waals surface area contributed by atoms with Crippen LogP contribution in [-0.2, 0) is 11.5 Å². The highest BCUT2D eigenvalue weighted by Gasteiger charge is 2.10. The molecule has 11 heteroatoms. The molecule has 8 nitrogen and oxygen atoms in total. The third kappa shape index (κ3) is 8.60. The maximum atomic E-state index is 12.6. The van der Waals surface area contributed by atoms with E-state index in [2.05, 4.69) is 20.8 Å². The molecule has 0 fully saturated rings. The maximum absolute atomic E-state index is 12.6. The summed E-state index contributed by atoms with van der Waals surface area (Å²) < 4.78 is 12.1. The molecular formula is C32H28N4O4S3. The van der Waals surface area contributed by atoms with Crippen molar-refractivity contribution >= 4 is 58.0 Å². The van der Waals surface area contributed by atoms with Crippen molar-refractivity contribution in [1.29, 1.82) is 0 Å². The van der Waals surface area contributed by atoms with E-state index < -0.39 is 0 Å². The molecule has 0 saturated heterocycles. The zero-order valence-electron chi connectivity index (χ0n) is 23.4. The molecule has 1 heterocycles. The summed E-state index contributed by atoms with van der Waals surface area (Å²) >= 11 is 4.78. The maximum Gasteiger partial charge on any atom is 0.255 e. The van der Waals surface area contributed by atoms with Gasteiger partial charge in [0.1, 0.15) is 11.5 Å². The first-order chi connectivity index (χ1) is 21.0. The number of thioether (sulfide) groups is 2. The molecule has 5 rings (SSSR count). The number of aromatic nitrogens is 2. The van der Waals surface area contributed by atoms with Gasteiger partial charge < -0.3 is 20.1 Å². The average molecular weight is 629 g/mol. The predicted octanol–water partition coefficient (Wildman–Crippen LogP) is 7.64. The normalized spacial score (nSPS) is 10.7. The smallest absolute Gasteiger partial charge is 0.255 e. The molecule has 4 aromatic carbocycles. The van der Waals surface area contributed by atoms with Crippen LogP contribution >= 0.6 is 34.9 Å². The number of amides is 2. The van der Waals surface area contributed by atoms with Gasteiger partial charge in [0.25, 0.3) is 11.8 Å². The minimum Gasteiger partial charge on any atom is -0.497 e. The fraction of sp³-hybridized carbons (Fsp3) is 0.125. The van der Waals surface area contributed by atoms with Gasteiger partial charge in [0.2, 0.25) is 0 Å². The van der Waals surface area contributed by atoms with Crippen LogP contribution < -0.4 is 20.1 Å². The molecule has 0 bridgehead atoms. The van der Waals surface area contributed by atoms with Crippen molar-refractivity contribution in [3.8, 4) is 11.5 Å². The van der Waals surface area contributed by atoms with E-state index in [9.17, 15) is 9.59 Å². The highest BCUT2D eigenvalue weighted by atomic mass is 32.2. The van der Waals surface area contributed by atoms with Crippen molar-refractivity contribution in [2.24, 2.45) is 0 Å². The Labute approximate surface area is 262 Å². The van der Waals surface area contributed by atoms with Crippen LogP contribution in [0.4, 0.5) is 11.4 Å². The molecule has 218 valence electrons. The van der Waals surface area contributed by atoms with Crippen LogP contribution in [0.25, 0.3) is 0 Å². The van der Waals surface area contributed by atoms with Crippen molar-refractivity contribution in [2.75, 3.05) is 24.9 Å². The van der Waals surface area contributed by atoms with E-state index in [1.165, 1.54) is 0 Å². The van der Waals surface area contributed by atoms with Crippen LogP contribution in [0.3, 0.4) is 0 Å². The summed E-state index contributed by atoms with van der Waals surface area (Å²) in [5, 5.41) is 14.4. The Hall–Kier alpha value is -4.32. The van der Waals surface area contributed by atoms with Crippen molar-refractivity contribution in [3.63, 3.8) is 0 Å². The first kappa shape index (κ1) is 30.1. The highest BCUT2D eigenvalue weighted by molar-refractivity contribution is 8.02. The van der Waals surface area contributed by atoms with E-state index in [0.717, 1.165) is 42.8 Å². The summed E-state index contributed by atoms with van der Waals surface area (Å²) in [6.07, 6.45) is 0. The topological polar surface area (TPSA) is 102 Å². The lowest BCUT2D eigenvalue weighted by atomic mass is 10.1. The third-order valence-corrected chi connectivity index (χ3v) is 9.57. The first-order valence-corrected chi connectivity index (χ1v) is 16.0. The second-order valence-electron chi connectivity index (χ2n) is 9.17. The molecule has 43 heavy (non-hydrogen) atoms. The van der Waals surface area contributed by atoms with E-state index in [1.54, 1.807) is 97.6 Å². The SMILES string of the molecule is COc1ccc(NC(=O)c2ccc(CSc3nnc(SCc4ccc(C(=O)Nc5ccc(OC)cc5)cc4)s3)cc2)cc1. The minimum atomic E-state index is -0.165. The second-order valence-corrected chi connectivity index (χ2v) is 12.6. The molecule has 5 aromatic rings. The fourth-order valence-corrected chi connectivity index (χ4v) is 6.80. The van der Waals surface area contributed by atoms with Gasteiger partial charge >= 0.3 is 0 Å². The van der Waals surface area contributed by atoms with Gasteiger partial charge in [-0.3, -0.25) is 9.59 Å². The molecule has 1 aromatic heterocycles. The molecule has 0 aliphatic rings. The van der Waals surface area contributed by atoms with Gasteiger partial charge in [0, 0.05) is 34.0 Å². The number of hydrogen-bond donors (Lipinski definition) is 2. The average Bonchev–Trinajstić information content (AvgIpc) is 3.52. The van der Waals surface area contributed by atoms with Crippen molar-refractivity contribution in [3.05, 3.63) is 119 Å². The van der Waals surface area contributed by atoms with E-state index in [-0.39, 0.29) is 11.8 Å². The fourth-order valence-electron chi connectivity index (χ4n) is 3.86. The number of methoxy groups -OCH3 is 2. The van der Waals surface area contributed by atoms with Gasteiger partial charge in [-0.1, -0.05) is 59.1 Å². The molecule has 0 aliphatic heterocycles. The number of ether oxygens (including phenoxy) is 2. The highest BCUT2D eigenvalue weighted by Crippen LogP contribution is 2.32. The summed E-state index contributed by atoms with van der Waals surface area (Å²) in [6, 6.07) is 29.5. The van der Waals surface area contributed by atoms with Gasteiger partial charge in [-0.15, -0.1) is 10.2 Å². The summed E-state index contributed by atoms with van der Waals surface area (Å²) in [6.45, 7) is 0. The quantitative estimate of drug-likeness (QED) is 0.136. The number of carbonyl (C=O) groups excluding carboxylic acids is 2. The summed E-state index contributed by atoms with van der Waals surface area (Å²) in [5.74, 6) is 2.59. The third-order valence-electron chi connectivity index (χ3n) is 6.24. The molecule has 0 spiro atoms. The molecule has 2 N–H and O–H groups in total. The van der Waals surface area contributed by atoms with Crippen molar-refractivity contribution in [1.82, 2.24) is 10.2 Å². The number of hydrogen-bond acceptors (Lipinski definition) is 9. The summed E-state index contributed by atoms with van der Waals surface area (Å²) in [7, 11) is 3.21. The Balaban J connectivity index is 1.06. The van der Waals surface area contributed by atoms with Gasteiger partial charge in [-0.2, -0.15) is 0 Å². The molecule has 0 atom stereocenters. The number of nitrogens with zero attached hydrogens (tertiary/aromatic N) is 2. The Kier molecular flexibility index (Phi) is 10.3. The van der Waals surface area contributed by atoms with Gasteiger partial charge in [-0.25, -0.2) is 0 Å². The lowest BCUT2D eigenvalue weighted by Gasteiger charge is -2.07. The Morgan fingerprint density at radius 1 is 0.605 bits per heavy atom. The zero-order valence-corrected chi connectivity index (χ0v) is 25.9. The lowest BCUT2D eigenvalue weighted by molar-refractivity contribution is 0.101. The monoisotopic (exact) mass is 628 g/mol. The van der Waals surface area contributed by atoms with Gasteiger partial charge in [-0.05, 0) is 83.9 Å². The van der Waals surface area contributed by atoms with Crippen LogP contribution in [0.1, 0.15) is 31.8 Å². The van der Waals surface area contributed by atoms with Crippen LogP contribution in [0.5, 0.6) is 11.5 Å². The summed E-state index contributed by atoms with van der Waals surface area (Å²) in [4.78, 5) is 25.1. The van der Waals surface area contributed by atoms with Crippen LogP contribution in [-0.4, -0.2) is 36.2 Å². The number of nitrogens with one attached hydrogen (secondary N) is 2. The van der Waals surface area contributed by atoms with Crippen LogP contribution in [0.15, 0.2) is 106 Å². The van der Waals surface area contributed by atoms with E-state index in [0.29, 0.717) is 22.5 Å². The lowest BCUT2D eigenvalue weighted by Crippen LogP contribution is -2.11. The van der Waals surface area contributed by atoms with Crippen LogP contribution in [0, 0.1) is 0 Å². The van der Waals surface area contributed by atoms with Gasteiger partial charge in [0.05, 0.1) is 14.2 Å². The molecule has 0 saturated carbocycles. The van der Waals surface area contributed by atoms with Crippen molar-refractivity contribution < 1.29 is 19.1 Å². The zero-order chi connectivity index (χ0) is 30.0. The van der Waals surface area contributed by atoms with Gasteiger partial charge in [0.15, 0.2) is 8.68 Å². The molecule has 2 amide bonds. The summed E-state index contributed by atoms with van der Waals surface area (Å²) in [5.41, 5.74) is 4.77. The molecule has 0 aliphatic carbocycles. The Bertz CT molecular complexity index is 1530. The number of carbonyl (C=O) groups is 2. The van der Waals surface area contributed by atoms with E-state index >= 15 is 0 Å². The van der Waals surface area contributed by atoms with E-state index in [1.807, 2.05) is 48.5 Å². The van der Waals surface area contributed by atoms with Crippen LogP contribution in [0.2, 0.25) is 0 Å². The largest absolute Gasteiger partial charge is 0.497 e. The van der Waals surface area contributed by atoms with Crippen molar-refractivity contribution in [2.45, 2.75) is 20.2 Å². The number of rotatable bonds is 12. The molecule has 0 radical (unpaired) electrons. The molecule has 0 unspecified atom stereocenters. The number of anilines is 2. The Morgan fingerprint density at radius 3 is 1.33 bits per heavy atom. The second kappa shape index (κ2) is 14.7. The predicted molar refractivity (Wildman–Crippen MR) is 174 cm³/mol.